The molecule has 1 N–H and O–H groups in total. The van der Waals surface area contributed by atoms with Gasteiger partial charge in [-0.1, -0.05) is 0 Å². The molecule has 0 aromatic carbocycles. The Balaban J connectivity index is 1.50. The van der Waals surface area contributed by atoms with E-state index in [2.05, 4.69) is 31.6 Å². The van der Waals surface area contributed by atoms with Gasteiger partial charge in [0.25, 0.3) is 0 Å². The fraction of sp³-hybridized carbons (Fsp3) is 0.600. The molecule has 1 atom stereocenters. The lowest BCUT2D eigenvalue weighted by molar-refractivity contribution is 0.390. The van der Waals surface area contributed by atoms with Crippen LogP contribution in [0.1, 0.15) is 25.7 Å². The SMILES string of the molecule is c1nc(N2CCCC(CNC3CC3)C2)c2sccc2n1. The van der Waals surface area contributed by atoms with Crippen molar-refractivity contribution in [3.63, 3.8) is 0 Å². The Morgan fingerprint density at radius 1 is 1.30 bits per heavy atom. The van der Waals surface area contributed by atoms with Gasteiger partial charge in [-0.25, -0.2) is 9.97 Å². The first kappa shape index (κ1) is 12.5. The van der Waals surface area contributed by atoms with Crippen LogP contribution in [0.2, 0.25) is 0 Å². The molecule has 4 nitrogen and oxygen atoms in total. The molecule has 3 heterocycles. The maximum Gasteiger partial charge on any atom is 0.150 e. The molecule has 106 valence electrons. The van der Waals surface area contributed by atoms with Gasteiger partial charge >= 0.3 is 0 Å². The number of nitrogens with zero attached hydrogens (tertiary/aromatic N) is 3. The van der Waals surface area contributed by atoms with Crippen LogP contribution in [0.15, 0.2) is 17.8 Å². The van der Waals surface area contributed by atoms with E-state index in [-0.39, 0.29) is 0 Å². The molecule has 2 aromatic rings. The Morgan fingerprint density at radius 3 is 3.15 bits per heavy atom. The Hall–Kier alpha value is -1.20. The second-order valence-corrected chi connectivity index (χ2v) is 6.89. The van der Waals surface area contributed by atoms with Gasteiger partial charge in [0.15, 0.2) is 0 Å². The average Bonchev–Trinajstić information content (AvgIpc) is 3.20. The highest BCUT2D eigenvalue weighted by Crippen LogP contribution is 2.31. The Kier molecular flexibility index (Phi) is 3.32. The first-order valence-electron chi connectivity index (χ1n) is 7.56. The molecule has 1 saturated carbocycles. The molecule has 1 aliphatic heterocycles. The van der Waals surface area contributed by atoms with Crippen molar-refractivity contribution >= 4 is 27.4 Å². The highest BCUT2D eigenvalue weighted by molar-refractivity contribution is 7.17. The van der Waals surface area contributed by atoms with Crippen LogP contribution in [-0.4, -0.2) is 35.6 Å². The lowest BCUT2D eigenvalue weighted by atomic mass is 9.98. The fourth-order valence-corrected chi connectivity index (χ4v) is 3.91. The molecule has 2 aliphatic rings. The van der Waals surface area contributed by atoms with Gasteiger partial charge < -0.3 is 10.2 Å². The predicted molar refractivity (Wildman–Crippen MR) is 83.4 cm³/mol. The number of fused-ring (bicyclic) bond motifs is 1. The summed E-state index contributed by atoms with van der Waals surface area (Å²) in [7, 11) is 0. The maximum absolute atomic E-state index is 4.55. The highest BCUT2D eigenvalue weighted by Gasteiger charge is 2.26. The van der Waals surface area contributed by atoms with Crippen molar-refractivity contribution in [1.82, 2.24) is 15.3 Å². The summed E-state index contributed by atoms with van der Waals surface area (Å²) in [5, 5.41) is 5.78. The van der Waals surface area contributed by atoms with Crippen molar-refractivity contribution in [1.29, 1.82) is 0 Å². The highest BCUT2D eigenvalue weighted by atomic mass is 32.1. The second kappa shape index (κ2) is 5.30. The summed E-state index contributed by atoms with van der Waals surface area (Å²) < 4.78 is 1.24. The van der Waals surface area contributed by atoms with Crippen molar-refractivity contribution in [3.8, 4) is 0 Å². The van der Waals surface area contributed by atoms with E-state index in [1.165, 1.54) is 36.9 Å². The lowest BCUT2D eigenvalue weighted by Gasteiger charge is -2.33. The smallest absolute Gasteiger partial charge is 0.150 e. The summed E-state index contributed by atoms with van der Waals surface area (Å²) in [4.78, 5) is 11.4. The molecular weight excluding hydrogens is 268 g/mol. The molecule has 1 aliphatic carbocycles. The van der Waals surface area contributed by atoms with Crippen LogP contribution in [0.4, 0.5) is 5.82 Å². The van der Waals surface area contributed by atoms with Crippen molar-refractivity contribution in [2.75, 3.05) is 24.5 Å². The Labute approximate surface area is 123 Å². The molecule has 2 aromatic heterocycles. The van der Waals surface area contributed by atoms with Crippen LogP contribution in [0.5, 0.6) is 0 Å². The standard InChI is InChI=1S/C15H20N4S/c1-2-11(8-16-12-3-4-12)9-19(6-1)15-14-13(5-7-20-14)17-10-18-15/h5,7,10-12,16H,1-4,6,8-9H2. The van der Waals surface area contributed by atoms with Crippen molar-refractivity contribution < 1.29 is 0 Å². The number of aromatic nitrogens is 2. The van der Waals surface area contributed by atoms with Crippen LogP contribution in [0.25, 0.3) is 10.2 Å². The summed E-state index contributed by atoms with van der Waals surface area (Å²) in [6.07, 6.45) is 7.07. The fourth-order valence-electron chi connectivity index (χ4n) is 3.05. The molecule has 20 heavy (non-hydrogen) atoms. The molecule has 2 fully saturated rings. The summed E-state index contributed by atoms with van der Waals surface area (Å²) in [6, 6.07) is 2.90. The normalized spacial score (nSPS) is 23.4. The van der Waals surface area contributed by atoms with Crippen molar-refractivity contribution in [3.05, 3.63) is 17.8 Å². The number of hydrogen-bond donors (Lipinski definition) is 1. The van der Waals surface area contributed by atoms with Crippen molar-refractivity contribution in [2.45, 2.75) is 31.7 Å². The Morgan fingerprint density at radius 2 is 2.25 bits per heavy atom. The molecule has 1 unspecified atom stereocenters. The number of thiophene rings is 1. The molecule has 0 spiro atoms. The minimum atomic E-state index is 0.759. The van der Waals surface area contributed by atoms with Gasteiger partial charge in [0, 0.05) is 19.1 Å². The molecule has 1 saturated heterocycles. The lowest BCUT2D eigenvalue weighted by Crippen LogP contribution is -2.40. The van der Waals surface area contributed by atoms with E-state index in [0.717, 1.165) is 36.4 Å². The van der Waals surface area contributed by atoms with E-state index in [1.807, 2.05) is 0 Å². The van der Waals surface area contributed by atoms with Crippen molar-refractivity contribution in [2.24, 2.45) is 5.92 Å². The first-order valence-corrected chi connectivity index (χ1v) is 8.44. The van der Waals surface area contributed by atoms with Gasteiger partial charge in [-0.3, -0.25) is 0 Å². The van der Waals surface area contributed by atoms with E-state index in [1.54, 1.807) is 17.7 Å². The third kappa shape index (κ3) is 2.52. The van der Waals surface area contributed by atoms with Gasteiger partial charge in [0.2, 0.25) is 0 Å². The average molecular weight is 288 g/mol. The predicted octanol–water partition coefficient (Wildman–Crippen LogP) is 2.66. The second-order valence-electron chi connectivity index (χ2n) is 5.97. The zero-order chi connectivity index (χ0) is 13.4. The van der Waals surface area contributed by atoms with Crippen LogP contribution < -0.4 is 10.2 Å². The molecular formula is C15H20N4S. The summed E-state index contributed by atoms with van der Waals surface area (Å²) in [6.45, 7) is 3.42. The maximum atomic E-state index is 4.55. The third-order valence-electron chi connectivity index (χ3n) is 4.32. The van der Waals surface area contributed by atoms with Gasteiger partial charge in [0.1, 0.15) is 12.1 Å². The molecule has 4 rings (SSSR count). The number of nitrogens with one attached hydrogen (secondary N) is 1. The van der Waals surface area contributed by atoms with E-state index in [4.69, 9.17) is 0 Å². The van der Waals surface area contributed by atoms with E-state index < -0.39 is 0 Å². The minimum Gasteiger partial charge on any atom is -0.355 e. The monoisotopic (exact) mass is 288 g/mol. The molecule has 5 heteroatoms. The summed E-state index contributed by atoms with van der Waals surface area (Å²) in [5.41, 5.74) is 1.08. The Bertz CT molecular complexity index is 592. The third-order valence-corrected chi connectivity index (χ3v) is 5.22. The number of anilines is 1. The van der Waals surface area contributed by atoms with Gasteiger partial charge in [0.05, 0.1) is 10.2 Å². The van der Waals surface area contributed by atoms with E-state index in [9.17, 15) is 0 Å². The van der Waals surface area contributed by atoms with Crippen LogP contribution in [-0.2, 0) is 0 Å². The van der Waals surface area contributed by atoms with Gasteiger partial charge in [-0.05, 0) is 49.6 Å². The van der Waals surface area contributed by atoms with E-state index >= 15 is 0 Å². The molecule has 0 bridgehead atoms. The number of piperidine rings is 1. The number of hydrogen-bond acceptors (Lipinski definition) is 5. The van der Waals surface area contributed by atoms with Crippen LogP contribution in [0.3, 0.4) is 0 Å². The van der Waals surface area contributed by atoms with Crippen LogP contribution in [0, 0.1) is 5.92 Å². The van der Waals surface area contributed by atoms with Gasteiger partial charge in [-0.15, -0.1) is 11.3 Å². The quantitative estimate of drug-likeness (QED) is 0.939. The van der Waals surface area contributed by atoms with E-state index in [0.29, 0.717) is 0 Å². The zero-order valence-electron chi connectivity index (χ0n) is 11.6. The largest absolute Gasteiger partial charge is 0.355 e. The number of rotatable bonds is 4. The first-order chi connectivity index (χ1) is 9.90. The molecule has 0 radical (unpaired) electrons. The summed E-state index contributed by atoms with van der Waals surface area (Å²) >= 11 is 1.75. The summed E-state index contributed by atoms with van der Waals surface area (Å²) in [5.74, 6) is 1.90. The minimum absolute atomic E-state index is 0.759. The topological polar surface area (TPSA) is 41.1 Å². The zero-order valence-corrected chi connectivity index (χ0v) is 12.4. The molecule has 0 amide bonds. The van der Waals surface area contributed by atoms with Gasteiger partial charge in [-0.2, -0.15) is 0 Å². The van der Waals surface area contributed by atoms with Crippen LogP contribution >= 0.6 is 11.3 Å².